The van der Waals surface area contributed by atoms with Crippen LogP contribution in [0, 0.1) is 0 Å². The van der Waals surface area contributed by atoms with Gasteiger partial charge in [0.05, 0.1) is 46.2 Å². The van der Waals surface area contributed by atoms with Crippen LogP contribution >= 0.6 is 0 Å². The molecular weight excluding hydrogens is 396 g/mol. The third kappa shape index (κ3) is 21.4. The van der Waals surface area contributed by atoms with Crippen molar-refractivity contribution in [3.63, 3.8) is 0 Å². The molecular formula is C19H40N4O7. The number of hydrogen-bond acceptors (Lipinski definition) is 9. The molecule has 1 unspecified atom stereocenters. The first-order valence-electron chi connectivity index (χ1n) is 10.6. The van der Waals surface area contributed by atoms with E-state index in [1.165, 1.54) is 0 Å². The molecule has 0 bridgehead atoms. The van der Waals surface area contributed by atoms with Crippen LogP contribution in [-0.4, -0.2) is 102 Å². The summed E-state index contributed by atoms with van der Waals surface area (Å²) in [6, 6.07) is 0. The Balaban J connectivity index is 3.28. The molecule has 2 amide bonds. The van der Waals surface area contributed by atoms with Crippen LogP contribution in [0.3, 0.4) is 0 Å². The highest BCUT2D eigenvalue weighted by Crippen LogP contribution is 1.86. The smallest absolute Gasteiger partial charge is 0.246 e. The van der Waals surface area contributed by atoms with Gasteiger partial charge < -0.3 is 40.4 Å². The number of rotatable bonds is 22. The van der Waals surface area contributed by atoms with E-state index in [0.717, 1.165) is 13.0 Å². The average Bonchev–Trinajstić information content (AvgIpc) is 2.74. The van der Waals surface area contributed by atoms with Crippen molar-refractivity contribution in [2.45, 2.75) is 32.4 Å². The third-order valence-electron chi connectivity index (χ3n) is 3.63. The predicted octanol–water partition coefficient (Wildman–Crippen LogP) is -1.66. The van der Waals surface area contributed by atoms with E-state index in [4.69, 9.17) is 24.7 Å². The van der Waals surface area contributed by atoms with E-state index in [2.05, 4.69) is 16.0 Å². The van der Waals surface area contributed by atoms with Gasteiger partial charge in [0.15, 0.2) is 0 Å². The van der Waals surface area contributed by atoms with Crippen molar-refractivity contribution in [2.75, 3.05) is 79.0 Å². The maximum Gasteiger partial charge on any atom is 0.246 e. The minimum atomic E-state index is -0.665. The number of amides is 2. The summed E-state index contributed by atoms with van der Waals surface area (Å²) in [5, 5.41) is 17.8. The molecule has 0 aromatic heterocycles. The summed E-state index contributed by atoms with van der Waals surface area (Å²) in [4.78, 5) is 22.9. The topological polar surface area (TPSA) is 153 Å². The van der Waals surface area contributed by atoms with Crippen LogP contribution in [0.1, 0.15) is 26.2 Å². The lowest BCUT2D eigenvalue weighted by Crippen LogP contribution is -2.34. The fourth-order valence-corrected chi connectivity index (χ4v) is 2.10. The Hall–Kier alpha value is -1.34. The lowest BCUT2D eigenvalue weighted by molar-refractivity contribution is -0.126. The largest absolute Gasteiger partial charge is 0.377 e. The van der Waals surface area contributed by atoms with Gasteiger partial charge in [-0.25, -0.2) is 0 Å². The molecule has 0 aliphatic carbocycles. The van der Waals surface area contributed by atoms with E-state index in [0.29, 0.717) is 72.1 Å². The summed E-state index contributed by atoms with van der Waals surface area (Å²) in [6.45, 7) is 6.39. The highest BCUT2D eigenvalue weighted by molar-refractivity contribution is 5.77. The first-order chi connectivity index (χ1) is 14.6. The van der Waals surface area contributed by atoms with Crippen LogP contribution in [0.25, 0.3) is 0 Å². The second kappa shape index (κ2) is 22.3. The summed E-state index contributed by atoms with van der Waals surface area (Å²) in [5.74, 6) is -0.265. The van der Waals surface area contributed by atoms with Gasteiger partial charge in [0.1, 0.15) is 12.8 Å². The van der Waals surface area contributed by atoms with Crippen LogP contribution in [-0.2, 0) is 28.5 Å². The molecule has 30 heavy (non-hydrogen) atoms. The van der Waals surface area contributed by atoms with Gasteiger partial charge in [-0.2, -0.15) is 0 Å². The Bertz CT molecular complexity index is 416. The van der Waals surface area contributed by atoms with Crippen LogP contribution in [0.2, 0.25) is 0 Å². The first kappa shape index (κ1) is 28.7. The SMILES string of the molecule is CCCNC(O)COCCOCCNC(=O)COCCOCCNC(=O)CCCN. The summed E-state index contributed by atoms with van der Waals surface area (Å²) >= 11 is 0. The number of carbonyl (C=O) groups is 2. The van der Waals surface area contributed by atoms with Crippen molar-refractivity contribution in [3.05, 3.63) is 0 Å². The molecule has 0 aromatic rings. The molecule has 11 nitrogen and oxygen atoms in total. The average molecular weight is 437 g/mol. The standard InChI is InChI=1S/C19H40N4O7/c1-2-6-21-18(25)15-29-13-12-28-10-8-23-19(26)16-30-14-11-27-9-7-22-17(24)4-3-5-20/h18,21,25H,2-16,20H2,1H3,(H,22,24)(H,23,26). The van der Waals surface area contributed by atoms with Crippen molar-refractivity contribution in [1.82, 2.24) is 16.0 Å². The Labute approximate surface area is 179 Å². The summed E-state index contributed by atoms with van der Waals surface area (Å²) < 4.78 is 21.1. The molecule has 0 aliphatic rings. The number of ether oxygens (including phenoxy) is 4. The number of carbonyl (C=O) groups excluding carboxylic acids is 2. The summed E-state index contributed by atoms with van der Waals surface area (Å²) in [5.41, 5.74) is 5.33. The number of aliphatic hydroxyl groups excluding tert-OH is 1. The normalized spacial score (nSPS) is 12.0. The van der Waals surface area contributed by atoms with Crippen LogP contribution in [0.5, 0.6) is 0 Å². The zero-order valence-electron chi connectivity index (χ0n) is 18.2. The number of nitrogens with one attached hydrogen (secondary N) is 3. The van der Waals surface area contributed by atoms with Crippen molar-refractivity contribution >= 4 is 11.8 Å². The fraction of sp³-hybridized carbons (Fsp3) is 0.895. The van der Waals surface area contributed by atoms with Crippen molar-refractivity contribution in [3.8, 4) is 0 Å². The molecule has 6 N–H and O–H groups in total. The quantitative estimate of drug-likeness (QED) is 0.0991. The third-order valence-corrected chi connectivity index (χ3v) is 3.63. The molecule has 0 heterocycles. The molecule has 0 aromatic carbocycles. The molecule has 1 atom stereocenters. The first-order valence-corrected chi connectivity index (χ1v) is 10.6. The second-order valence-corrected chi connectivity index (χ2v) is 6.41. The van der Waals surface area contributed by atoms with Crippen molar-refractivity contribution in [2.24, 2.45) is 5.73 Å². The van der Waals surface area contributed by atoms with Crippen LogP contribution in [0.4, 0.5) is 0 Å². The number of hydrogen-bond donors (Lipinski definition) is 5. The monoisotopic (exact) mass is 436 g/mol. The van der Waals surface area contributed by atoms with E-state index in [1.807, 2.05) is 6.92 Å². The summed E-state index contributed by atoms with van der Waals surface area (Å²) in [7, 11) is 0. The van der Waals surface area contributed by atoms with E-state index < -0.39 is 6.23 Å². The van der Waals surface area contributed by atoms with Gasteiger partial charge in [0, 0.05) is 19.5 Å². The molecule has 0 spiro atoms. The number of nitrogens with two attached hydrogens (primary N) is 1. The lowest BCUT2D eigenvalue weighted by Gasteiger charge is -2.12. The fourth-order valence-electron chi connectivity index (χ4n) is 2.10. The molecule has 11 heteroatoms. The van der Waals surface area contributed by atoms with E-state index in [-0.39, 0.29) is 25.0 Å². The molecule has 178 valence electrons. The molecule has 0 fully saturated rings. The van der Waals surface area contributed by atoms with Crippen molar-refractivity contribution < 1.29 is 33.6 Å². The predicted molar refractivity (Wildman–Crippen MR) is 112 cm³/mol. The molecule has 0 aliphatic heterocycles. The van der Waals surface area contributed by atoms with Gasteiger partial charge in [-0.1, -0.05) is 6.92 Å². The van der Waals surface area contributed by atoms with Crippen molar-refractivity contribution in [1.29, 1.82) is 0 Å². The zero-order chi connectivity index (χ0) is 22.3. The van der Waals surface area contributed by atoms with Crippen LogP contribution in [0.15, 0.2) is 0 Å². The molecule has 0 saturated carbocycles. The van der Waals surface area contributed by atoms with Gasteiger partial charge in [0.25, 0.3) is 0 Å². The van der Waals surface area contributed by atoms with E-state index in [1.54, 1.807) is 0 Å². The second-order valence-electron chi connectivity index (χ2n) is 6.41. The highest BCUT2D eigenvalue weighted by atomic mass is 16.5. The lowest BCUT2D eigenvalue weighted by atomic mass is 10.3. The highest BCUT2D eigenvalue weighted by Gasteiger charge is 2.03. The Kier molecular flexibility index (Phi) is 21.3. The van der Waals surface area contributed by atoms with E-state index >= 15 is 0 Å². The minimum Gasteiger partial charge on any atom is -0.377 e. The number of aliphatic hydroxyl groups is 1. The molecule has 0 radical (unpaired) electrons. The van der Waals surface area contributed by atoms with Gasteiger partial charge in [-0.3, -0.25) is 14.9 Å². The maximum atomic E-state index is 11.6. The Morgan fingerprint density at radius 2 is 1.47 bits per heavy atom. The maximum absolute atomic E-state index is 11.6. The Morgan fingerprint density at radius 3 is 2.10 bits per heavy atom. The van der Waals surface area contributed by atoms with E-state index in [9.17, 15) is 14.7 Å². The van der Waals surface area contributed by atoms with Gasteiger partial charge in [-0.05, 0) is 25.9 Å². The van der Waals surface area contributed by atoms with Crippen LogP contribution < -0.4 is 21.7 Å². The molecule has 0 saturated heterocycles. The van der Waals surface area contributed by atoms with Gasteiger partial charge in [-0.15, -0.1) is 0 Å². The zero-order valence-corrected chi connectivity index (χ0v) is 18.2. The molecule has 0 rings (SSSR count). The minimum absolute atomic E-state index is 0.0352. The van der Waals surface area contributed by atoms with Gasteiger partial charge in [0.2, 0.25) is 11.8 Å². The summed E-state index contributed by atoms with van der Waals surface area (Å²) in [6.07, 6.45) is 1.38. The van der Waals surface area contributed by atoms with Gasteiger partial charge >= 0.3 is 0 Å². The Morgan fingerprint density at radius 1 is 0.867 bits per heavy atom.